The molecule has 2 rings (SSSR count). The predicted octanol–water partition coefficient (Wildman–Crippen LogP) is 2.19. The maximum atomic E-state index is 12.6. The van der Waals surface area contributed by atoms with Crippen molar-refractivity contribution in [1.82, 2.24) is 4.98 Å². The Hall–Kier alpha value is -1.81. The average Bonchev–Trinajstić information content (AvgIpc) is 2.76. The first-order chi connectivity index (χ1) is 7.78. The highest BCUT2D eigenvalue weighted by atomic mass is 19.1. The highest BCUT2D eigenvalue weighted by Gasteiger charge is 1.99. The number of nitrogens with one attached hydrogen (secondary N) is 1. The van der Waals surface area contributed by atoms with Gasteiger partial charge in [0.15, 0.2) is 0 Å². The van der Waals surface area contributed by atoms with Gasteiger partial charge in [0.25, 0.3) is 0 Å². The van der Waals surface area contributed by atoms with Crippen molar-refractivity contribution in [3.8, 4) is 5.75 Å². The Balaban J connectivity index is 1.94. The van der Waals surface area contributed by atoms with Crippen LogP contribution in [0.4, 0.5) is 4.39 Å². The van der Waals surface area contributed by atoms with E-state index < -0.39 is 0 Å². The Morgan fingerprint density at radius 1 is 1.06 bits per heavy atom. The third-order valence-corrected chi connectivity index (χ3v) is 2.23. The molecule has 0 aliphatic heterocycles. The second-order valence-corrected chi connectivity index (χ2v) is 3.46. The second-order valence-electron chi connectivity index (χ2n) is 3.46. The zero-order valence-electron chi connectivity index (χ0n) is 8.74. The van der Waals surface area contributed by atoms with E-state index in [0.29, 0.717) is 18.9 Å². The average molecular weight is 220 g/mol. The summed E-state index contributed by atoms with van der Waals surface area (Å²) >= 11 is 0. The number of halogens is 1. The van der Waals surface area contributed by atoms with Crippen LogP contribution in [0.25, 0.3) is 0 Å². The van der Waals surface area contributed by atoms with Crippen molar-refractivity contribution in [3.05, 3.63) is 53.6 Å². The molecule has 1 heterocycles. The molecule has 0 aliphatic carbocycles. The zero-order chi connectivity index (χ0) is 11.4. The largest absolute Gasteiger partial charge is 0.487 e. The van der Waals surface area contributed by atoms with Gasteiger partial charge in [-0.1, -0.05) is 0 Å². The molecule has 3 N–H and O–H groups in total. The zero-order valence-corrected chi connectivity index (χ0v) is 8.74. The van der Waals surface area contributed by atoms with Crippen LogP contribution in [0.1, 0.15) is 11.4 Å². The minimum absolute atomic E-state index is 0.266. The second kappa shape index (κ2) is 4.81. The van der Waals surface area contributed by atoms with Crippen molar-refractivity contribution in [2.24, 2.45) is 5.73 Å². The molecule has 1 aromatic carbocycles. The maximum Gasteiger partial charge on any atom is 0.128 e. The fourth-order valence-electron chi connectivity index (χ4n) is 1.39. The summed E-state index contributed by atoms with van der Waals surface area (Å²) in [4.78, 5) is 3.12. The number of ether oxygens (including phenoxy) is 1. The van der Waals surface area contributed by atoms with Crippen LogP contribution in [-0.2, 0) is 13.2 Å². The number of hydrogen-bond donors (Lipinski definition) is 2. The summed E-state index contributed by atoms with van der Waals surface area (Å²) in [7, 11) is 0. The Morgan fingerprint density at radius 2 is 1.75 bits per heavy atom. The summed E-state index contributed by atoms with van der Waals surface area (Å²) in [6, 6.07) is 9.78. The monoisotopic (exact) mass is 220 g/mol. The molecule has 0 spiro atoms. The molecule has 0 fully saturated rings. The molecule has 0 saturated heterocycles. The van der Waals surface area contributed by atoms with Gasteiger partial charge in [-0.3, -0.25) is 0 Å². The number of hydrogen-bond acceptors (Lipinski definition) is 2. The molecule has 16 heavy (non-hydrogen) atoms. The molecular weight excluding hydrogens is 207 g/mol. The smallest absolute Gasteiger partial charge is 0.128 e. The Kier molecular flexibility index (Phi) is 3.22. The molecule has 84 valence electrons. The molecule has 2 aromatic rings. The molecule has 0 unspecified atom stereocenters. The lowest BCUT2D eigenvalue weighted by Gasteiger charge is -2.04. The summed E-state index contributed by atoms with van der Waals surface area (Å²) < 4.78 is 18.1. The van der Waals surface area contributed by atoms with Crippen molar-refractivity contribution >= 4 is 0 Å². The van der Waals surface area contributed by atoms with Gasteiger partial charge in [-0.2, -0.15) is 0 Å². The summed E-state index contributed by atoms with van der Waals surface area (Å²) in [6.07, 6.45) is 0. The van der Waals surface area contributed by atoms with E-state index in [2.05, 4.69) is 4.98 Å². The van der Waals surface area contributed by atoms with Crippen molar-refractivity contribution < 1.29 is 9.13 Å². The lowest BCUT2D eigenvalue weighted by Crippen LogP contribution is -1.99. The van der Waals surface area contributed by atoms with Crippen LogP contribution in [0.3, 0.4) is 0 Å². The Morgan fingerprint density at radius 3 is 2.38 bits per heavy atom. The highest BCUT2D eigenvalue weighted by molar-refractivity contribution is 5.22. The third-order valence-electron chi connectivity index (χ3n) is 2.23. The van der Waals surface area contributed by atoms with E-state index in [0.717, 1.165) is 11.4 Å². The summed E-state index contributed by atoms with van der Waals surface area (Å²) in [5.41, 5.74) is 7.39. The lowest BCUT2D eigenvalue weighted by molar-refractivity contribution is 0.301. The van der Waals surface area contributed by atoms with Gasteiger partial charge in [0.05, 0.1) is 5.69 Å². The Bertz CT molecular complexity index is 450. The summed E-state index contributed by atoms with van der Waals surface area (Å²) in [5.74, 6) is 0.378. The number of benzene rings is 1. The molecule has 0 amide bonds. The first kappa shape index (κ1) is 10.7. The topological polar surface area (TPSA) is 51.0 Å². The van der Waals surface area contributed by atoms with E-state index >= 15 is 0 Å². The molecule has 0 saturated carbocycles. The maximum absolute atomic E-state index is 12.6. The van der Waals surface area contributed by atoms with E-state index in [1.165, 1.54) is 12.1 Å². The van der Waals surface area contributed by atoms with E-state index in [1.54, 1.807) is 12.1 Å². The first-order valence-electron chi connectivity index (χ1n) is 5.03. The molecule has 4 heteroatoms. The SMILES string of the molecule is NCc1ccc(COc2ccc(F)cc2)[nH]1. The number of H-pyrrole nitrogens is 1. The van der Waals surface area contributed by atoms with Gasteiger partial charge in [-0.05, 0) is 36.4 Å². The highest BCUT2D eigenvalue weighted by Crippen LogP contribution is 2.13. The predicted molar refractivity (Wildman–Crippen MR) is 59.4 cm³/mol. The first-order valence-corrected chi connectivity index (χ1v) is 5.03. The van der Waals surface area contributed by atoms with Gasteiger partial charge in [-0.25, -0.2) is 4.39 Å². The molecule has 0 radical (unpaired) electrons. The lowest BCUT2D eigenvalue weighted by atomic mass is 10.3. The van der Waals surface area contributed by atoms with Crippen LogP contribution in [0.15, 0.2) is 36.4 Å². The van der Waals surface area contributed by atoms with Gasteiger partial charge in [0.1, 0.15) is 18.2 Å². The molecule has 0 bridgehead atoms. The van der Waals surface area contributed by atoms with Gasteiger partial charge in [0, 0.05) is 12.2 Å². The van der Waals surface area contributed by atoms with E-state index in [-0.39, 0.29) is 5.82 Å². The van der Waals surface area contributed by atoms with E-state index in [9.17, 15) is 4.39 Å². The number of rotatable bonds is 4. The van der Waals surface area contributed by atoms with Crippen LogP contribution < -0.4 is 10.5 Å². The van der Waals surface area contributed by atoms with Crippen LogP contribution >= 0.6 is 0 Å². The van der Waals surface area contributed by atoms with Crippen LogP contribution in [0.2, 0.25) is 0 Å². The third kappa shape index (κ3) is 2.61. The van der Waals surface area contributed by atoms with E-state index in [1.807, 2.05) is 12.1 Å². The molecule has 3 nitrogen and oxygen atoms in total. The molecule has 0 aliphatic rings. The summed E-state index contributed by atoms with van der Waals surface area (Å²) in [5, 5.41) is 0. The molecule has 1 aromatic heterocycles. The minimum atomic E-state index is -0.266. The van der Waals surface area contributed by atoms with Crippen LogP contribution in [-0.4, -0.2) is 4.98 Å². The molecule has 0 atom stereocenters. The van der Waals surface area contributed by atoms with Crippen molar-refractivity contribution in [3.63, 3.8) is 0 Å². The number of aromatic amines is 1. The van der Waals surface area contributed by atoms with Crippen molar-refractivity contribution in [2.75, 3.05) is 0 Å². The van der Waals surface area contributed by atoms with Gasteiger partial charge in [0.2, 0.25) is 0 Å². The van der Waals surface area contributed by atoms with Gasteiger partial charge < -0.3 is 15.5 Å². The van der Waals surface area contributed by atoms with E-state index in [4.69, 9.17) is 10.5 Å². The van der Waals surface area contributed by atoms with Crippen LogP contribution in [0, 0.1) is 5.82 Å². The number of nitrogens with two attached hydrogens (primary N) is 1. The Labute approximate surface area is 93.0 Å². The normalized spacial score (nSPS) is 10.4. The van der Waals surface area contributed by atoms with Crippen molar-refractivity contribution in [2.45, 2.75) is 13.2 Å². The fourth-order valence-corrected chi connectivity index (χ4v) is 1.39. The molecular formula is C12H13FN2O. The van der Waals surface area contributed by atoms with Crippen molar-refractivity contribution in [1.29, 1.82) is 0 Å². The quantitative estimate of drug-likeness (QED) is 0.829. The minimum Gasteiger partial charge on any atom is -0.487 e. The summed E-state index contributed by atoms with van der Waals surface area (Å²) in [6.45, 7) is 0.905. The van der Waals surface area contributed by atoms with Gasteiger partial charge >= 0.3 is 0 Å². The van der Waals surface area contributed by atoms with Gasteiger partial charge in [-0.15, -0.1) is 0 Å². The van der Waals surface area contributed by atoms with Crippen LogP contribution in [0.5, 0.6) is 5.75 Å². The number of aromatic nitrogens is 1. The fraction of sp³-hybridized carbons (Fsp3) is 0.167. The standard InChI is InChI=1S/C12H13FN2O/c13-9-1-5-12(6-2-9)16-8-11-4-3-10(7-14)15-11/h1-6,15H,7-8,14H2.